The first kappa shape index (κ1) is 21.3. The van der Waals surface area contributed by atoms with Crippen molar-refractivity contribution in [1.82, 2.24) is 15.0 Å². The molecule has 0 aliphatic rings. The molecule has 0 saturated carbocycles. The highest BCUT2D eigenvalue weighted by Crippen LogP contribution is 2.30. The molecule has 44 heavy (non-hydrogen) atoms. The van der Waals surface area contributed by atoms with Crippen LogP contribution < -0.4 is 10.4 Å². The fourth-order valence-electron chi connectivity index (χ4n) is 4.67. The van der Waals surface area contributed by atoms with Crippen LogP contribution in [0.1, 0.15) is 11.0 Å². The maximum absolute atomic E-state index is 9.03. The van der Waals surface area contributed by atoms with E-state index >= 15 is 0 Å². The van der Waals surface area contributed by atoms with Gasteiger partial charge in [0.25, 0.3) is 0 Å². The number of hydrogen-bond acceptors (Lipinski definition) is 3. The number of aromatic nitrogens is 3. The van der Waals surface area contributed by atoms with Crippen molar-refractivity contribution in [2.45, 2.75) is 39.3 Å². The van der Waals surface area contributed by atoms with E-state index in [1.54, 1.807) is 6.07 Å². The molecule has 0 saturated heterocycles. The van der Waals surface area contributed by atoms with Gasteiger partial charge in [-0.25, -0.2) is 15.0 Å². The predicted molar refractivity (Wildman–Crippen MR) is 193 cm³/mol. The van der Waals surface area contributed by atoms with Crippen LogP contribution in [-0.4, -0.2) is 31.1 Å². The molecule has 0 atom stereocenters. The monoisotopic (exact) mass is 613 g/mol. The van der Waals surface area contributed by atoms with Gasteiger partial charge in [0.2, 0.25) is 0 Å². The van der Waals surface area contributed by atoms with Gasteiger partial charge in [-0.3, -0.25) is 0 Å². The van der Waals surface area contributed by atoms with E-state index in [0.29, 0.717) is 15.9 Å². The predicted octanol–water partition coefficient (Wildman–Crippen LogP) is 9.30. The standard InChI is InChI=1S/C39H39N3Si2/c1-43(2,3)35-22-18-29(19-23-35)37-40-38(30-20-24-36(25-21-30)44(4,5)6)42-39(41-37)34-17-11-16-33(27-34)32-15-10-14-31(26-32)28-12-8-7-9-13-28/h7-27H,1-6H3/i18D,19D,20D,21D,22D,23D,24D,25D. The summed E-state index contributed by atoms with van der Waals surface area (Å²) in [7, 11) is -4.61. The fraction of sp³-hybridized carbons (Fsp3) is 0.154. The Morgan fingerprint density at radius 2 is 0.727 bits per heavy atom. The number of nitrogens with zero attached hydrogens (tertiary/aromatic N) is 3. The Kier molecular flexibility index (Phi) is 5.76. The van der Waals surface area contributed by atoms with E-state index in [1.807, 2.05) is 106 Å². The van der Waals surface area contributed by atoms with Crippen molar-refractivity contribution in [3.63, 3.8) is 0 Å². The maximum Gasteiger partial charge on any atom is 0.164 e. The van der Waals surface area contributed by atoms with E-state index < -0.39 is 16.1 Å². The molecule has 0 unspecified atom stereocenters. The third-order valence-corrected chi connectivity index (χ3v) is 10.8. The molecule has 0 aliphatic carbocycles. The molecule has 1 aromatic heterocycles. The van der Waals surface area contributed by atoms with E-state index in [0.717, 1.165) is 22.3 Å². The van der Waals surface area contributed by atoms with Crippen LogP contribution in [0.15, 0.2) is 127 Å². The van der Waals surface area contributed by atoms with Crippen molar-refractivity contribution in [2.24, 2.45) is 0 Å². The minimum atomic E-state index is -2.31. The van der Waals surface area contributed by atoms with Crippen molar-refractivity contribution in [3.05, 3.63) is 127 Å². The lowest BCUT2D eigenvalue weighted by Gasteiger charge is -2.17. The zero-order valence-corrected chi connectivity index (χ0v) is 27.8. The Hall–Kier alpha value is -4.46. The lowest BCUT2D eigenvalue weighted by atomic mass is 9.98. The minimum Gasteiger partial charge on any atom is -0.208 e. The van der Waals surface area contributed by atoms with Gasteiger partial charge in [-0.05, 0) is 34.4 Å². The summed E-state index contributed by atoms with van der Waals surface area (Å²) in [6.07, 6.45) is 0. The molecule has 3 nitrogen and oxygen atoms in total. The number of benzene rings is 5. The molecule has 218 valence electrons. The van der Waals surface area contributed by atoms with Crippen molar-refractivity contribution in [2.75, 3.05) is 0 Å². The average Bonchev–Trinajstić information content (AvgIpc) is 3.09. The van der Waals surface area contributed by atoms with Crippen LogP contribution in [0.3, 0.4) is 0 Å². The zero-order chi connectivity index (χ0) is 37.9. The minimum absolute atomic E-state index is 0.123. The van der Waals surface area contributed by atoms with Crippen molar-refractivity contribution >= 4 is 26.5 Å². The van der Waals surface area contributed by atoms with Crippen molar-refractivity contribution in [1.29, 1.82) is 0 Å². The maximum atomic E-state index is 9.03. The van der Waals surface area contributed by atoms with Crippen LogP contribution in [0, 0.1) is 0 Å². The quantitative estimate of drug-likeness (QED) is 0.168. The molecule has 6 rings (SSSR count). The molecule has 0 N–H and O–H groups in total. The fourth-order valence-corrected chi connectivity index (χ4v) is 6.42. The highest BCUT2D eigenvalue weighted by Gasteiger charge is 2.19. The normalized spacial score (nSPS) is 14.4. The summed E-state index contributed by atoms with van der Waals surface area (Å²) in [4.78, 5) is 14.1. The molecule has 0 aliphatic heterocycles. The third-order valence-electron chi connectivity index (χ3n) is 7.26. The van der Waals surface area contributed by atoms with Crippen LogP contribution in [0.4, 0.5) is 0 Å². The Bertz CT molecular complexity index is 2210. The zero-order valence-electron chi connectivity index (χ0n) is 33.8. The number of rotatable bonds is 7. The van der Waals surface area contributed by atoms with Gasteiger partial charge >= 0.3 is 0 Å². The van der Waals surface area contributed by atoms with E-state index in [1.165, 1.54) is 0 Å². The van der Waals surface area contributed by atoms with Crippen LogP contribution in [-0.2, 0) is 0 Å². The molecule has 5 aromatic carbocycles. The first-order valence-electron chi connectivity index (χ1n) is 18.6. The van der Waals surface area contributed by atoms with Crippen LogP contribution in [0.2, 0.25) is 39.3 Å². The Morgan fingerprint density at radius 3 is 1.16 bits per heavy atom. The Balaban J connectivity index is 1.62. The van der Waals surface area contributed by atoms with Gasteiger partial charge in [-0.15, -0.1) is 0 Å². The van der Waals surface area contributed by atoms with Gasteiger partial charge < -0.3 is 0 Å². The average molecular weight is 614 g/mol. The number of hydrogen-bond donors (Lipinski definition) is 0. The van der Waals surface area contributed by atoms with E-state index in [4.69, 9.17) is 20.9 Å². The van der Waals surface area contributed by atoms with E-state index in [-0.39, 0.29) is 76.9 Å². The molecular formula is C39H39N3Si2. The highest BCUT2D eigenvalue weighted by molar-refractivity contribution is 6.89. The van der Waals surface area contributed by atoms with Gasteiger partial charge in [0.15, 0.2) is 17.5 Å². The van der Waals surface area contributed by atoms with Gasteiger partial charge in [-0.1, -0.05) is 165 Å². The van der Waals surface area contributed by atoms with Gasteiger partial charge in [-0.2, -0.15) is 0 Å². The SMILES string of the molecule is [2H]c1c([2H])c([Si](C)(C)C)c([2H])c([2H])c1-c1nc(-c2cccc(-c3cccc(-c4ccccc4)c3)c2)nc(-c2c([2H])c([2H])c([Si](C)(C)C)c([2H])c2[2H])n1. The molecule has 6 aromatic rings. The summed E-state index contributed by atoms with van der Waals surface area (Å²) in [5.41, 5.74) is 4.24. The second kappa shape index (κ2) is 11.9. The third kappa shape index (κ3) is 6.54. The van der Waals surface area contributed by atoms with Crippen LogP contribution in [0.25, 0.3) is 56.4 Å². The largest absolute Gasteiger partial charge is 0.208 e. The second-order valence-corrected chi connectivity index (χ2v) is 22.8. The highest BCUT2D eigenvalue weighted by atomic mass is 28.3. The lowest BCUT2D eigenvalue weighted by Crippen LogP contribution is -2.37. The molecule has 5 heteroatoms. The topological polar surface area (TPSA) is 38.7 Å². The molecule has 0 spiro atoms. The van der Waals surface area contributed by atoms with Crippen molar-refractivity contribution in [3.8, 4) is 56.4 Å². The van der Waals surface area contributed by atoms with Gasteiger partial charge in [0, 0.05) is 16.7 Å². The molecular weight excluding hydrogens is 567 g/mol. The smallest absolute Gasteiger partial charge is 0.164 e. The summed E-state index contributed by atoms with van der Waals surface area (Å²) in [6, 6.07) is 24.0. The van der Waals surface area contributed by atoms with Crippen LogP contribution >= 0.6 is 0 Å². The molecule has 0 amide bonds. The summed E-state index contributed by atoms with van der Waals surface area (Å²) >= 11 is 0. The Labute approximate surface area is 275 Å². The van der Waals surface area contributed by atoms with Gasteiger partial charge in [0.1, 0.15) is 0 Å². The van der Waals surface area contributed by atoms with Gasteiger partial charge in [0.05, 0.1) is 27.1 Å². The first-order chi connectivity index (χ1) is 24.4. The molecule has 0 fully saturated rings. The van der Waals surface area contributed by atoms with Crippen LogP contribution in [0.5, 0.6) is 0 Å². The summed E-state index contributed by atoms with van der Waals surface area (Å²) < 4.78 is 71.7. The first-order valence-corrected chi connectivity index (χ1v) is 21.6. The van der Waals surface area contributed by atoms with E-state index in [9.17, 15) is 0 Å². The lowest BCUT2D eigenvalue weighted by molar-refractivity contribution is 1.07. The molecule has 0 bridgehead atoms. The molecule has 1 heterocycles. The summed E-state index contributed by atoms with van der Waals surface area (Å²) in [5, 5.41) is 0.792. The second-order valence-electron chi connectivity index (χ2n) is 12.8. The summed E-state index contributed by atoms with van der Waals surface area (Å²) in [5.74, 6) is -0.179. The van der Waals surface area contributed by atoms with E-state index in [2.05, 4.69) is 11.1 Å². The molecule has 0 radical (unpaired) electrons. The van der Waals surface area contributed by atoms with Crippen molar-refractivity contribution < 1.29 is 11.0 Å². The summed E-state index contributed by atoms with van der Waals surface area (Å²) in [6.45, 7) is 11.8. The Morgan fingerprint density at radius 1 is 0.386 bits per heavy atom.